The van der Waals surface area contributed by atoms with E-state index in [0.717, 1.165) is 33.7 Å². The number of carboxylic acids is 1. The quantitative estimate of drug-likeness (QED) is 0.116. The molecule has 0 spiro atoms. The summed E-state index contributed by atoms with van der Waals surface area (Å²) in [5.74, 6) is 0.181. The molecule has 3 aromatic carbocycles. The van der Waals surface area contributed by atoms with Crippen LogP contribution >= 0.6 is 0 Å². The fourth-order valence-electron chi connectivity index (χ4n) is 4.12. The highest BCUT2D eigenvalue weighted by atomic mass is 16.6. The summed E-state index contributed by atoms with van der Waals surface area (Å²) < 4.78 is 11.5. The molecule has 0 aliphatic rings. The van der Waals surface area contributed by atoms with Crippen LogP contribution in [0, 0.1) is 0 Å². The highest BCUT2D eigenvalue weighted by molar-refractivity contribution is 5.98. The minimum absolute atomic E-state index is 0.0149. The van der Waals surface area contributed by atoms with Gasteiger partial charge in [-0.25, -0.2) is 4.79 Å². The van der Waals surface area contributed by atoms with Gasteiger partial charge in [-0.15, -0.1) is 0 Å². The molecule has 1 aromatic heterocycles. The zero-order chi connectivity index (χ0) is 29.2. The maximum atomic E-state index is 11.8. The third kappa shape index (κ3) is 8.67. The van der Waals surface area contributed by atoms with Gasteiger partial charge < -0.3 is 19.4 Å². The number of hydrogen-bond donors (Lipinski definition) is 1. The summed E-state index contributed by atoms with van der Waals surface area (Å²) in [6.45, 7) is 8.89. The molecule has 0 amide bonds. The number of rotatable bonds is 12. The Kier molecular flexibility index (Phi) is 9.74. The number of aliphatic carboxylic acids is 1. The average Bonchev–Trinajstić information content (AvgIpc) is 2.97. The minimum atomic E-state index is -1.01. The minimum Gasteiger partial charge on any atom is -0.490 e. The van der Waals surface area contributed by atoms with Crippen molar-refractivity contribution in [2.24, 2.45) is 5.16 Å². The van der Waals surface area contributed by atoms with Crippen LogP contribution in [-0.4, -0.2) is 41.1 Å². The molecule has 0 saturated carbocycles. The number of nitrogens with zero attached hydrogens (tertiary/aromatic N) is 2. The summed E-state index contributed by atoms with van der Waals surface area (Å²) in [7, 11) is 0. The van der Waals surface area contributed by atoms with Crippen LogP contribution in [0.15, 0.2) is 102 Å². The number of benzene rings is 3. The Bertz CT molecular complexity index is 1430. The van der Waals surface area contributed by atoms with E-state index in [4.69, 9.17) is 14.3 Å². The van der Waals surface area contributed by atoms with E-state index >= 15 is 0 Å². The second-order valence-electron chi connectivity index (χ2n) is 10.7. The Hall–Kier alpha value is -4.65. The Morgan fingerprint density at radius 2 is 1.56 bits per heavy atom. The van der Waals surface area contributed by atoms with Crippen molar-refractivity contribution >= 4 is 11.7 Å². The Morgan fingerprint density at radius 1 is 0.878 bits per heavy atom. The van der Waals surface area contributed by atoms with Crippen molar-refractivity contribution in [1.29, 1.82) is 0 Å². The first kappa shape index (κ1) is 29.3. The number of pyridine rings is 1. The molecule has 0 fully saturated rings. The summed E-state index contributed by atoms with van der Waals surface area (Å²) in [6.07, 6.45) is 1.01. The van der Waals surface area contributed by atoms with E-state index in [2.05, 4.69) is 30.9 Å². The second-order valence-corrected chi connectivity index (χ2v) is 10.7. The van der Waals surface area contributed by atoms with Crippen LogP contribution in [-0.2, 0) is 21.5 Å². The monoisotopic (exact) mass is 552 g/mol. The standard InChI is InChI=1S/C34H36N2O5/c1-24(26-10-12-27(13-11-26)31-7-5-6-20-35-31)36-40-22-21-39-29-16-8-25(9-17-29)23-32(33(37)38)41-30-18-14-28(15-19-30)34(2,3)4/h5-20,32H,21-23H2,1-4H3,(H,37,38)/b36-24+/t32-/m0/s1. The molecule has 7 heteroatoms. The first-order valence-corrected chi connectivity index (χ1v) is 13.6. The van der Waals surface area contributed by atoms with E-state index in [1.807, 2.05) is 97.9 Å². The lowest BCUT2D eigenvalue weighted by Gasteiger charge is -2.20. The molecular weight excluding hydrogens is 516 g/mol. The molecule has 212 valence electrons. The predicted octanol–water partition coefficient (Wildman–Crippen LogP) is 6.94. The van der Waals surface area contributed by atoms with Gasteiger partial charge in [0.25, 0.3) is 0 Å². The molecule has 1 heterocycles. The van der Waals surface area contributed by atoms with Gasteiger partial charge in [0.2, 0.25) is 0 Å². The fraction of sp³-hybridized carbons (Fsp3) is 0.265. The van der Waals surface area contributed by atoms with Gasteiger partial charge in [0.15, 0.2) is 12.7 Å². The molecule has 0 bridgehead atoms. The Balaban J connectivity index is 1.22. The normalized spacial score (nSPS) is 12.4. The van der Waals surface area contributed by atoms with Crippen LogP contribution in [0.1, 0.15) is 44.4 Å². The summed E-state index contributed by atoms with van der Waals surface area (Å²) in [5, 5.41) is 13.9. The van der Waals surface area contributed by atoms with E-state index in [1.165, 1.54) is 0 Å². The lowest BCUT2D eigenvalue weighted by atomic mass is 9.87. The van der Waals surface area contributed by atoms with Crippen molar-refractivity contribution in [2.75, 3.05) is 13.2 Å². The number of oxime groups is 1. The van der Waals surface area contributed by atoms with Crippen LogP contribution < -0.4 is 9.47 Å². The molecule has 1 atom stereocenters. The molecule has 1 N–H and O–H groups in total. The molecule has 0 aliphatic heterocycles. The van der Waals surface area contributed by atoms with Gasteiger partial charge in [-0.3, -0.25) is 4.98 Å². The highest BCUT2D eigenvalue weighted by Crippen LogP contribution is 2.25. The van der Waals surface area contributed by atoms with Gasteiger partial charge in [-0.1, -0.05) is 80.5 Å². The summed E-state index contributed by atoms with van der Waals surface area (Å²) in [4.78, 5) is 21.6. The number of carbonyl (C=O) groups is 1. The lowest BCUT2D eigenvalue weighted by Crippen LogP contribution is -2.29. The van der Waals surface area contributed by atoms with Crippen LogP contribution in [0.5, 0.6) is 11.5 Å². The predicted molar refractivity (Wildman–Crippen MR) is 161 cm³/mol. The van der Waals surface area contributed by atoms with E-state index in [9.17, 15) is 9.90 Å². The molecule has 4 aromatic rings. The van der Waals surface area contributed by atoms with Gasteiger partial charge in [-0.2, -0.15) is 0 Å². The highest BCUT2D eigenvalue weighted by Gasteiger charge is 2.21. The summed E-state index contributed by atoms with van der Waals surface area (Å²) >= 11 is 0. The number of carboxylic acid groups (broad SMARTS) is 1. The van der Waals surface area contributed by atoms with Crippen molar-refractivity contribution in [3.8, 4) is 22.8 Å². The topological polar surface area (TPSA) is 90.2 Å². The van der Waals surface area contributed by atoms with Crippen LogP contribution in [0.4, 0.5) is 0 Å². The molecule has 0 unspecified atom stereocenters. The first-order valence-electron chi connectivity index (χ1n) is 13.6. The van der Waals surface area contributed by atoms with Crippen LogP contribution in [0.2, 0.25) is 0 Å². The van der Waals surface area contributed by atoms with Crippen molar-refractivity contribution in [1.82, 2.24) is 4.98 Å². The average molecular weight is 553 g/mol. The third-order valence-corrected chi connectivity index (χ3v) is 6.53. The maximum Gasteiger partial charge on any atom is 0.345 e. The van der Waals surface area contributed by atoms with E-state index in [-0.39, 0.29) is 18.4 Å². The zero-order valence-corrected chi connectivity index (χ0v) is 23.9. The summed E-state index contributed by atoms with van der Waals surface area (Å²) in [5.41, 5.74) is 5.70. The molecule has 0 aliphatic carbocycles. The maximum absolute atomic E-state index is 11.8. The molecule has 4 rings (SSSR count). The van der Waals surface area contributed by atoms with Crippen LogP contribution in [0.3, 0.4) is 0 Å². The van der Waals surface area contributed by atoms with Gasteiger partial charge in [0, 0.05) is 18.2 Å². The van der Waals surface area contributed by atoms with E-state index < -0.39 is 12.1 Å². The van der Waals surface area contributed by atoms with E-state index in [0.29, 0.717) is 18.1 Å². The van der Waals surface area contributed by atoms with Gasteiger partial charge in [-0.05, 0) is 65.4 Å². The van der Waals surface area contributed by atoms with Gasteiger partial charge in [0.1, 0.15) is 18.1 Å². The van der Waals surface area contributed by atoms with Crippen LogP contribution in [0.25, 0.3) is 11.3 Å². The molecule has 41 heavy (non-hydrogen) atoms. The fourth-order valence-corrected chi connectivity index (χ4v) is 4.12. The van der Waals surface area contributed by atoms with Gasteiger partial charge in [0.05, 0.1) is 11.4 Å². The van der Waals surface area contributed by atoms with Crippen molar-refractivity contribution in [3.63, 3.8) is 0 Å². The summed E-state index contributed by atoms with van der Waals surface area (Å²) in [6, 6.07) is 28.7. The van der Waals surface area contributed by atoms with E-state index in [1.54, 1.807) is 6.20 Å². The number of hydrogen-bond acceptors (Lipinski definition) is 6. The number of aromatic nitrogens is 1. The van der Waals surface area contributed by atoms with Crippen molar-refractivity contribution < 1.29 is 24.2 Å². The zero-order valence-electron chi connectivity index (χ0n) is 23.9. The third-order valence-electron chi connectivity index (χ3n) is 6.53. The second kappa shape index (κ2) is 13.6. The molecule has 7 nitrogen and oxygen atoms in total. The number of ether oxygens (including phenoxy) is 2. The molecular formula is C34H36N2O5. The van der Waals surface area contributed by atoms with Crippen molar-refractivity contribution in [3.05, 3.63) is 114 Å². The first-order chi connectivity index (χ1) is 19.7. The lowest BCUT2D eigenvalue weighted by molar-refractivity contribution is -0.145. The molecule has 0 radical (unpaired) electrons. The molecule has 0 saturated heterocycles. The Labute approximate surface area is 241 Å². The SMILES string of the molecule is C/C(=N\OCCOc1ccc(C[C@H](Oc2ccc(C(C)(C)C)cc2)C(=O)O)cc1)c1ccc(-c2ccccn2)cc1. The van der Waals surface area contributed by atoms with Crippen molar-refractivity contribution in [2.45, 2.75) is 45.6 Å². The largest absolute Gasteiger partial charge is 0.490 e. The smallest absolute Gasteiger partial charge is 0.345 e. The van der Waals surface area contributed by atoms with Gasteiger partial charge >= 0.3 is 5.97 Å². The Morgan fingerprint density at radius 3 is 2.17 bits per heavy atom.